The van der Waals surface area contributed by atoms with E-state index in [9.17, 15) is 9.59 Å². The summed E-state index contributed by atoms with van der Waals surface area (Å²) in [7, 11) is 1.65. The molecule has 0 bridgehead atoms. The topological polar surface area (TPSA) is 68.3 Å². The molecule has 3 aliphatic rings. The number of rotatable bonds is 9. The minimum atomic E-state index is -0.868. The van der Waals surface area contributed by atoms with Crippen molar-refractivity contribution in [1.29, 1.82) is 0 Å². The van der Waals surface area contributed by atoms with Crippen LogP contribution in [0.25, 0.3) is 0 Å². The molecule has 2 heterocycles. The summed E-state index contributed by atoms with van der Waals surface area (Å²) in [4.78, 5) is 31.2. The molecule has 0 radical (unpaired) electrons. The molecule has 7 heteroatoms. The number of carbonyl (C=O) groups is 2. The number of benzene rings is 3. The minimum absolute atomic E-state index is 0.157. The molecule has 0 spiro atoms. The van der Waals surface area contributed by atoms with Gasteiger partial charge in [-0.3, -0.25) is 9.69 Å². The van der Waals surface area contributed by atoms with Crippen molar-refractivity contribution in [3.8, 4) is 11.5 Å². The minimum Gasteiger partial charge on any atom is -0.493 e. The number of imide groups is 1. The first-order valence-electron chi connectivity index (χ1n) is 14.1. The highest BCUT2D eigenvalue weighted by Gasteiger charge is 2.54. The Labute approximate surface area is 235 Å². The highest BCUT2D eigenvalue weighted by atomic mass is 16.6. The van der Waals surface area contributed by atoms with E-state index >= 15 is 0 Å². The standard InChI is InChI=1S/C33H36N2O5/c1-33(31(36)35-28(21-40-32(35)37)25-11-7-4-8-12-25)22-34(18-23-9-5-3-6-10-23)19-27(33)26-15-16-29(38-2)30(17-26)39-20-24-13-14-24/h3-12,15-17,24,27-28H,13-14,18-22H2,1-2H3/t27-,28-,33+/m0/s1. The molecule has 3 fully saturated rings. The zero-order valence-corrected chi connectivity index (χ0v) is 23.1. The summed E-state index contributed by atoms with van der Waals surface area (Å²) in [6.07, 6.45) is 1.81. The fourth-order valence-corrected chi connectivity index (χ4v) is 6.11. The van der Waals surface area contributed by atoms with E-state index in [1.165, 1.54) is 23.3 Å². The van der Waals surface area contributed by atoms with Crippen LogP contribution in [0.4, 0.5) is 4.79 Å². The van der Waals surface area contributed by atoms with E-state index in [4.69, 9.17) is 14.2 Å². The van der Waals surface area contributed by atoms with Gasteiger partial charge in [-0.05, 0) is 54.5 Å². The van der Waals surface area contributed by atoms with Gasteiger partial charge >= 0.3 is 6.09 Å². The lowest BCUT2D eigenvalue weighted by atomic mass is 9.74. The third-order valence-electron chi connectivity index (χ3n) is 8.54. The molecule has 7 nitrogen and oxygen atoms in total. The molecule has 2 aliphatic heterocycles. The number of ether oxygens (including phenoxy) is 3. The normalized spacial score (nSPS) is 24.6. The second-order valence-corrected chi connectivity index (χ2v) is 11.5. The van der Waals surface area contributed by atoms with Gasteiger partial charge in [-0.1, -0.05) is 66.7 Å². The Morgan fingerprint density at radius 2 is 1.70 bits per heavy atom. The van der Waals surface area contributed by atoms with Gasteiger partial charge in [-0.25, -0.2) is 9.69 Å². The predicted molar refractivity (Wildman–Crippen MR) is 151 cm³/mol. The van der Waals surface area contributed by atoms with Crippen LogP contribution in [0.2, 0.25) is 0 Å². The third kappa shape index (κ3) is 5.18. The van der Waals surface area contributed by atoms with Gasteiger partial charge in [-0.15, -0.1) is 0 Å². The molecule has 3 aromatic rings. The Kier molecular flexibility index (Phi) is 7.24. The Balaban J connectivity index is 1.35. The lowest BCUT2D eigenvalue weighted by Gasteiger charge is -2.34. The fraction of sp³-hybridized carbons (Fsp3) is 0.394. The summed E-state index contributed by atoms with van der Waals surface area (Å²) >= 11 is 0. The van der Waals surface area contributed by atoms with Crippen LogP contribution < -0.4 is 9.47 Å². The van der Waals surface area contributed by atoms with Crippen molar-refractivity contribution in [2.45, 2.75) is 38.3 Å². The molecule has 2 amide bonds. The molecule has 1 aliphatic carbocycles. The van der Waals surface area contributed by atoms with E-state index in [1.54, 1.807) is 7.11 Å². The molecule has 2 saturated heterocycles. The summed E-state index contributed by atoms with van der Waals surface area (Å²) in [5, 5.41) is 0. The van der Waals surface area contributed by atoms with Gasteiger partial charge < -0.3 is 14.2 Å². The number of carbonyl (C=O) groups excluding carboxylic acids is 2. The molecule has 1 saturated carbocycles. The maximum absolute atomic E-state index is 14.5. The van der Waals surface area contributed by atoms with Crippen molar-refractivity contribution < 1.29 is 23.8 Å². The number of nitrogens with zero attached hydrogens (tertiary/aromatic N) is 2. The lowest BCUT2D eigenvalue weighted by Crippen LogP contribution is -2.47. The number of amides is 2. The quantitative estimate of drug-likeness (QED) is 0.341. The van der Waals surface area contributed by atoms with Crippen LogP contribution in [0.1, 0.15) is 48.4 Å². The van der Waals surface area contributed by atoms with Crippen molar-refractivity contribution in [2.75, 3.05) is 33.4 Å². The first-order valence-corrected chi connectivity index (χ1v) is 14.1. The molecule has 40 heavy (non-hydrogen) atoms. The summed E-state index contributed by atoms with van der Waals surface area (Å²) in [5.41, 5.74) is 2.21. The van der Waals surface area contributed by atoms with Crippen LogP contribution >= 0.6 is 0 Å². The number of hydrogen-bond acceptors (Lipinski definition) is 6. The highest BCUT2D eigenvalue weighted by Crippen LogP contribution is 2.48. The molecular weight excluding hydrogens is 504 g/mol. The third-order valence-corrected chi connectivity index (χ3v) is 8.54. The van der Waals surface area contributed by atoms with E-state index in [1.807, 2.05) is 73.7 Å². The maximum Gasteiger partial charge on any atom is 0.417 e. The monoisotopic (exact) mass is 540 g/mol. The Hall–Kier alpha value is -3.84. The molecule has 0 N–H and O–H groups in total. The molecule has 208 valence electrons. The maximum atomic E-state index is 14.5. The largest absolute Gasteiger partial charge is 0.493 e. The van der Waals surface area contributed by atoms with Gasteiger partial charge in [0.2, 0.25) is 5.91 Å². The van der Waals surface area contributed by atoms with Crippen LogP contribution in [-0.2, 0) is 16.1 Å². The number of methoxy groups -OCH3 is 1. The fourth-order valence-electron chi connectivity index (χ4n) is 6.11. The van der Waals surface area contributed by atoms with Gasteiger partial charge in [0.15, 0.2) is 11.5 Å². The molecule has 3 atom stereocenters. The van der Waals surface area contributed by atoms with Crippen molar-refractivity contribution in [3.05, 3.63) is 95.6 Å². The van der Waals surface area contributed by atoms with Gasteiger partial charge in [0, 0.05) is 25.6 Å². The number of hydrogen-bond donors (Lipinski definition) is 0. The van der Waals surface area contributed by atoms with E-state index in [0.717, 1.165) is 11.1 Å². The van der Waals surface area contributed by atoms with Gasteiger partial charge in [0.1, 0.15) is 12.6 Å². The summed E-state index contributed by atoms with van der Waals surface area (Å²) in [5.74, 6) is 1.61. The SMILES string of the molecule is COc1ccc([C@@H]2CN(Cc3ccccc3)C[C@@]2(C)C(=O)N2C(=O)OC[C@H]2c2ccccc2)cc1OCC1CC1. The lowest BCUT2D eigenvalue weighted by molar-refractivity contribution is -0.139. The van der Waals surface area contributed by atoms with Gasteiger partial charge in [0.05, 0.1) is 19.1 Å². The molecule has 0 unspecified atom stereocenters. The number of cyclic esters (lactones) is 1. The molecule has 0 aromatic heterocycles. The molecule has 6 rings (SSSR count). The Bertz CT molecular complexity index is 1360. The van der Waals surface area contributed by atoms with E-state index in [0.29, 0.717) is 43.7 Å². The van der Waals surface area contributed by atoms with Crippen LogP contribution in [0.5, 0.6) is 11.5 Å². The average molecular weight is 541 g/mol. The zero-order chi connectivity index (χ0) is 27.7. The smallest absolute Gasteiger partial charge is 0.417 e. The van der Waals surface area contributed by atoms with Crippen LogP contribution in [0, 0.1) is 11.3 Å². The van der Waals surface area contributed by atoms with Gasteiger partial charge in [-0.2, -0.15) is 0 Å². The molecular formula is C33H36N2O5. The van der Waals surface area contributed by atoms with E-state index in [2.05, 4.69) is 17.0 Å². The average Bonchev–Trinajstić information content (AvgIpc) is 3.65. The highest BCUT2D eigenvalue weighted by molar-refractivity contribution is 5.97. The Morgan fingerprint density at radius 3 is 2.40 bits per heavy atom. The second kappa shape index (κ2) is 11.0. The summed E-state index contributed by atoms with van der Waals surface area (Å²) < 4.78 is 17.2. The van der Waals surface area contributed by atoms with Crippen molar-refractivity contribution in [3.63, 3.8) is 0 Å². The Morgan fingerprint density at radius 1 is 0.975 bits per heavy atom. The van der Waals surface area contributed by atoms with Crippen molar-refractivity contribution in [1.82, 2.24) is 9.80 Å². The summed E-state index contributed by atoms with van der Waals surface area (Å²) in [6.45, 7) is 4.72. The first-order chi connectivity index (χ1) is 19.5. The van der Waals surface area contributed by atoms with Crippen molar-refractivity contribution in [2.24, 2.45) is 11.3 Å². The second-order valence-electron chi connectivity index (χ2n) is 11.5. The first kappa shape index (κ1) is 26.4. The zero-order valence-electron chi connectivity index (χ0n) is 23.1. The van der Waals surface area contributed by atoms with Crippen molar-refractivity contribution >= 4 is 12.0 Å². The van der Waals surface area contributed by atoms with Crippen LogP contribution in [0.15, 0.2) is 78.9 Å². The predicted octanol–water partition coefficient (Wildman–Crippen LogP) is 5.81. The summed E-state index contributed by atoms with van der Waals surface area (Å²) in [6, 6.07) is 25.5. The van der Waals surface area contributed by atoms with E-state index in [-0.39, 0.29) is 18.4 Å². The van der Waals surface area contributed by atoms with Crippen LogP contribution in [0.3, 0.4) is 0 Å². The van der Waals surface area contributed by atoms with Gasteiger partial charge in [0.25, 0.3) is 0 Å². The number of likely N-dealkylation sites (tertiary alicyclic amines) is 1. The van der Waals surface area contributed by atoms with E-state index < -0.39 is 17.6 Å². The van der Waals surface area contributed by atoms with Crippen LogP contribution in [-0.4, -0.2) is 55.2 Å². The molecule has 3 aromatic carbocycles.